The van der Waals surface area contributed by atoms with E-state index >= 15 is 0 Å². The van der Waals surface area contributed by atoms with Gasteiger partial charge in [0.1, 0.15) is 65.1 Å². The highest BCUT2D eigenvalue weighted by atomic mass is 16.6. The third-order valence-electron chi connectivity index (χ3n) is 13.3. The second-order valence-corrected chi connectivity index (χ2v) is 27.3. The summed E-state index contributed by atoms with van der Waals surface area (Å²) in [4.78, 5) is 183. The summed E-state index contributed by atoms with van der Waals surface area (Å²) >= 11 is 0. The number of carbonyl (C=O) groups excluding carboxylic acids is 13. The average Bonchev–Trinajstić information content (AvgIpc) is 0.909. The van der Waals surface area contributed by atoms with E-state index in [1.165, 1.54) is 11.8 Å². The van der Waals surface area contributed by atoms with Crippen LogP contribution in [0.5, 0.6) is 0 Å². The lowest BCUT2D eigenvalue weighted by atomic mass is 10.0. The van der Waals surface area contributed by atoms with Crippen molar-refractivity contribution in [3.8, 4) is 0 Å². The van der Waals surface area contributed by atoms with Gasteiger partial charge in [0.2, 0.25) is 53.2 Å². The van der Waals surface area contributed by atoms with Crippen LogP contribution in [-0.4, -0.2) is 198 Å². The summed E-state index contributed by atoms with van der Waals surface area (Å²) in [7, 11) is 0. The van der Waals surface area contributed by atoms with Crippen molar-refractivity contribution >= 4 is 77.5 Å². The summed E-state index contributed by atoms with van der Waals surface area (Å²) in [5.41, 5.74) is -4.86. The average molecular weight is 1300 g/mol. The summed E-state index contributed by atoms with van der Waals surface area (Å²) in [6.45, 7) is 29.4. The van der Waals surface area contributed by atoms with E-state index in [4.69, 9.17) is 23.7 Å². The van der Waals surface area contributed by atoms with Gasteiger partial charge in [0, 0.05) is 32.6 Å². The molecule has 2 heterocycles. The smallest absolute Gasteiger partial charge is 0.414 e. The Kier molecular flexibility index (Phi) is 30.7. The quantitative estimate of drug-likeness (QED) is 0.0729. The summed E-state index contributed by atoms with van der Waals surface area (Å²) < 4.78 is 27.5. The van der Waals surface area contributed by atoms with Crippen molar-refractivity contribution in [2.24, 2.45) is 5.92 Å². The van der Waals surface area contributed by atoms with Crippen molar-refractivity contribution in [1.82, 2.24) is 68.7 Å². The molecule has 12 N–H and O–H groups in total. The molecule has 0 aromatic heterocycles. The van der Waals surface area contributed by atoms with Crippen LogP contribution in [0.1, 0.15) is 183 Å². The first-order valence-corrected chi connectivity index (χ1v) is 31.1. The molecule has 518 valence electrons. The molecule has 0 aliphatic carbocycles. The lowest BCUT2D eigenvalue weighted by Gasteiger charge is -2.46. The van der Waals surface area contributed by atoms with E-state index in [0.717, 1.165) is 0 Å². The van der Waals surface area contributed by atoms with Crippen molar-refractivity contribution in [3.05, 3.63) is 0 Å². The van der Waals surface area contributed by atoms with Gasteiger partial charge in [-0.25, -0.2) is 19.2 Å². The standard InChI is InChI=1S/C60H105N13O18/c1-20-22-42(74)65-41(32-64-54(85)90-59(15,16)17)50(81)69-36-23-27-61-51(82)43(34(5)87-56(6,7)8)72-48(79)39(26-30-73-55(86)91-60(73,18)19)70-46(77)37(24-28-62-52(83)88-57(9,10)11)67-44(75)35(21-2)66-49(80)40(31-33(3)4)71-47(78)38(68-45(36)76)25-29-63-53(84)89-58(12,13)14/h33-41,43H,20-32H2,1-19H3,(H,61,82)(H,62,83)(H,63,84)(H,64,85)(H,65,74)(H,66,80)(H,67,75)(H,68,76)(H,69,81)(H,70,77)(H,71,78)(H,72,79)/t34-,35+,36+,37+,38+,39+,40-,41+,43+/m1/s1. The highest BCUT2D eigenvalue weighted by Crippen LogP contribution is 2.29. The van der Waals surface area contributed by atoms with Crippen molar-refractivity contribution in [2.45, 2.75) is 265 Å². The van der Waals surface area contributed by atoms with E-state index in [1.807, 2.05) is 0 Å². The number of cyclic esters (lactones) is 1. The maximum absolute atomic E-state index is 14.9. The number of carbonyl (C=O) groups is 13. The highest BCUT2D eigenvalue weighted by Gasteiger charge is 2.46. The maximum atomic E-state index is 14.9. The van der Waals surface area contributed by atoms with Crippen LogP contribution < -0.4 is 63.8 Å². The molecule has 0 aromatic rings. The minimum absolute atomic E-state index is 0.0363. The highest BCUT2D eigenvalue weighted by molar-refractivity contribution is 5.98. The molecule has 2 saturated heterocycles. The Bertz CT molecular complexity index is 2560. The molecule has 2 rings (SSSR count). The van der Waals surface area contributed by atoms with Crippen LogP contribution in [0.3, 0.4) is 0 Å². The van der Waals surface area contributed by atoms with Gasteiger partial charge in [-0.3, -0.25) is 48.1 Å². The van der Waals surface area contributed by atoms with E-state index < -0.39 is 180 Å². The first kappa shape index (κ1) is 79.4. The van der Waals surface area contributed by atoms with Crippen LogP contribution in [0.2, 0.25) is 0 Å². The van der Waals surface area contributed by atoms with Crippen LogP contribution in [0.4, 0.5) is 19.2 Å². The van der Waals surface area contributed by atoms with E-state index in [1.54, 1.807) is 125 Å². The fourth-order valence-corrected chi connectivity index (χ4v) is 9.08. The van der Waals surface area contributed by atoms with Crippen LogP contribution >= 0.6 is 0 Å². The third kappa shape index (κ3) is 30.3. The van der Waals surface area contributed by atoms with Gasteiger partial charge in [0.25, 0.3) is 0 Å². The molecule has 0 bridgehead atoms. The molecule has 91 heavy (non-hydrogen) atoms. The van der Waals surface area contributed by atoms with E-state index in [-0.39, 0.29) is 64.1 Å². The van der Waals surface area contributed by atoms with Gasteiger partial charge in [-0.15, -0.1) is 0 Å². The molecule has 0 aromatic carbocycles. The molecule has 0 unspecified atom stereocenters. The summed E-state index contributed by atoms with van der Waals surface area (Å²) in [6.07, 6.45) is -5.78. The van der Waals surface area contributed by atoms with Crippen molar-refractivity contribution in [3.63, 3.8) is 0 Å². The van der Waals surface area contributed by atoms with Gasteiger partial charge < -0.3 is 87.5 Å². The second kappa shape index (κ2) is 35.2. The summed E-state index contributed by atoms with van der Waals surface area (Å²) in [5, 5.41) is 31.2. The Hall–Kier alpha value is -7.73. The van der Waals surface area contributed by atoms with E-state index in [9.17, 15) is 62.3 Å². The molecule has 13 amide bonds. The molecule has 0 saturated carbocycles. The fourth-order valence-electron chi connectivity index (χ4n) is 9.08. The molecule has 0 spiro atoms. The minimum Gasteiger partial charge on any atom is -0.444 e. The topological polar surface area (TPSA) is 416 Å². The number of nitrogens with one attached hydrogen (secondary N) is 12. The predicted octanol–water partition coefficient (Wildman–Crippen LogP) is 1.78. The number of amides is 13. The Labute approximate surface area is 534 Å². The lowest BCUT2D eigenvalue weighted by Crippen LogP contribution is -2.64. The molecular weight excluding hydrogens is 1190 g/mol. The second-order valence-electron chi connectivity index (χ2n) is 27.3. The van der Waals surface area contributed by atoms with Crippen LogP contribution in [0.25, 0.3) is 0 Å². The van der Waals surface area contributed by atoms with Gasteiger partial charge in [0.15, 0.2) is 5.72 Å². The number of alkyl carbamates (subject to hydrolysis) is 3. The summed E-state index contributed by atoms with van der Waals surface area (Å²) in [6, 6.07) is -12.4. The fraction of sp³-hybridized carbons (Fsp3) is 0.783. The van der Waals surface area contributed by atoms with Crippen LogP contribution in [-0.2, 0) is 66.8 Å². The van der Waals surface area contributed by atoms with E-state index in [2.05, 4.69) is 63.8 Å². The number of ether oxygens (including phenoxy) is 5. The third-order valence-corrected chi connectivity index (χ3v) is 13.3. The first-order valence-electron chi connectivity index (χ1n) is 31.1. The SMILES string of the molecule is CCCC(=O)N[C@@H](CNC(=O)OC(C)(C)C)C(=O)N[C@H]1CCNC(=O)[C@H]([C@@H](C)OC(C)(C)C)NC(=O)[C@H](CCN2C(=O)OC2(C)C)NC(=O)[C@H](CCNC(=O)OC(C)(C)C)NC(=O)[C@H](CC)NC(=O)[C@@H](CC(C)C)NC(=O)[C@H](CCNC(=O)OC(C)(C)C)NC1=O. The monoisotopic (exact) mass is 1300 g/mol. The zero-order valence-corrected chi connectivity index (χ0v) is 56.8. The Morgan fingerprint density at radius 2 is 1.02 bits per heavy atom. The number of nitrogens with zero attached hydrogens (tertiary/aromatic N) is 1. The van der Waals surface area contributed by atoms with Crippen LogP contribution in [0, 0.1) is 5.92 Å². The van der Waals surface area contributed by atoms with Gasteiger partial charge in [-0.1, -0.05) is 27.7 Å². The molecule has 2 aliphatic heterocycles. The minimum atomic E-state index is -1.70. The number of hydrogen-bond acceptors (Lipinski definition) is 18. The molecule has 0 radical (unpaired) electrons. The zero-order valence-electron chi connectivity index (χ0n) is 56.8. The van der Waals surface area contributed by atoms with E-state index in [0.29, 0.717) is 6.42 Å². The number of hydrogen-bond donors (Lipinski definition) is 12. The molecule has 2 fully saturated rings. The Balaban J connectivity index is 2.99. The Morgan fingerprint density at radius 1 is 0.582 bits per heavy atom. The molecular formula is C60H105N13O18. The Morgan fingerprint density at radius 3 is 1.47 bits per heavy atom. The van der Waals surface area contributed by atoms with Crippen molar-refractivity contribution < 1.29 is 86.0 Å². The van der Waals surface area contributed by atoms with Crippen molar-refractivity contribution in [2.75, 3.05) is 32.7 Å². The molecule has 9 atom stereocenters. The largest absolute Gasteiger partial charge is 0.444 e. The normalized spacial score (nSPS) is 22.6. The van der Waals surface area contributed by atoms with Gasteiger partial charge in [-0.05, 0) is 155 Å². The van der Waals surface area contributed by atoms with Gasteiger partial charge in [-0.2, -0.15) is 0 Å². The van der Waals surface area contributed by atoms with Gasteiger partial charge >= 0.3 is 24.4 Å². The zero-order chi connectivity index (χ0) is 69.6. The first-order chi connectivity index (χ1) is 41.8. The summed E-state index contributed by atoms with van der Waals surface area (Å²) in [5.74, 6) is -8.54. The van der Waals surface area contributed by atoms with Crippen LogP contribution in [0.15, 0.2) is 0 Å². The molecule has 31 heteroatoms. The number of rotatable bonds is 21. The lowest BCUT2D eigenvalue weighted by molar-refractivity contribution is -0.163. The molecule has 31 nitrogen and oxygen atoms in total. The predicted molar refractivity (Wildman–Crippen MR) is 332 cm³/mol. The maximum Gasteiger partial charge on any atom is 0.414 e. The van der Waals surface area contributed by atoms with Crippen molar-refractivity contribution in [1.29, 1.82) is 0 Å². The molecule has 2 aliphatic rings. The van der Waals surface area contributed by atoms with Gasteiger partial charge in [0.05, 0.1) is 18.2 Å².